The third-order valence-corrected chi connectivity index (χ3v) is 6.34. The third-order valence-electron chi connectivity index (χ3n) is 5.00. The summed E-state index contributed by atoms with van der Waals surface area (Å²) in [5.74, 6) is -0.607. The highest BCUT2D eigenvalue weighted by atomic mass is 35.5. The number of hydrogen-bond donors (Lipinski definition) is 0. The van der Waals surface area contributed by atoms with E-state index in [0.717, 1.165) is 21.6 Å². The first kappa shape index (κ1) is 20.4. The Morgan fingerprint density at radius 2 is 1.70 bits per heavy atom. The maximum Gasteiger partial charge on any atom is 0.268 e. The van der Waals surface area contributed by atoms with E-state index in [1.165, 1.54) is 16.7 Å². The van der Waals surface area contributed by atoms with Crippen LogP contribution in [-0.4, -0.2) is 21.7 Å². The fourth-order valence-corrected chi connectivity index (χ4v) is 4.36. The molecule has 0 spiro atoms. The van der Waals surface area contributed by atoms with Gasteiger partial charge in [0.25, 0.3) is 11.8 Å². The third kappa shape index (κ3) is 4.04. The van der Waals surface area contributed by atoms with Crippen LogP contribution in [-0.2, 0) is 16.1 Å². The molecular formula is C24H19ClN2O2S. The second-order valence-electron chi connectivity index (χ2n) is 7.08. The summed E-state index contributed by atoms with van der Waals surface area (Å²) in [6.07, 6.45) is 1.65. The average molecular weight is 435 g/mol. The summed E-state index contributed by atoms with van der Waals surface area (Å²) in [7, 11) is 0. The molecule has 0 aliphatic carbocycles. The van der Waals surface area contributed by atoms with Crippen molar-refractivity contribution in [3.63, 3.8) is 0 Å². The van der Waals surface area contributed by atoms with Gasteiger partial charge in [0.1, 0.15) is 0 Å². The van der Waals surface area contributed by atoms with Gasteiger partial charge in [-0.15, -0.1) is 0 Å². The zero-order valence-corrected chi connectivity index (χ0v) is 18.1. The van der Waals surface area contributed by atoms with Gasteiger partial charge in [-0.1, -0.05) is 47.6 Å². The maximum absolute atomic E-state index is 13.4. The second kappa shape index (κ2) is 8.46. The van der Waals surface area contributed by atoms with Crippen molar-refractivity contribution in [2.45, 2.75) is 25.3 Å². The van der Waals surface area contributed by atoms with Crippen molar-refractivity contribution >= 4 is 40.8 Å². The first-order valence-corrected chi connectivity index (χ1v) is 10.6. The van der Waals surface area contributed by atoms with Crippen LogP contribution in [0, 0.1) is 13.8 Å². The Balaban J connectivity index is 1.76. The number of imide groups is 1. The first-order valence-electron chi connectivity index (χ1n) is 9.45. The predicted molar refractivity (Wildman–Crippen MR) is 120 cm³/mol. The molecule has 0 saturated heterocycles. The minimum Gasteiger partial charge on any atom is -0.269 e. The number of amides is 2. The minimum absolute atomic E-state index is 0.136. The van der Waals surface area contributed by atoms with E-state index in [9.17, 15) is 9.59 Å². The molecule has 1 aliphatic rings. The summed E-state index contributed by atoms with van der Waals surface area (Å²) in [5, 5.41) is 0.619. The van der Waals surface area contributed by atoms with Gasteiger partial charge in [0.05, 0.1) is 22.7 Å². The number of rotatable bonds is 5. The Bertz CT molecular complexity index is 1160. The summed E-state index contributed by atoms with van der Waals surface area (Å²) >= 11 is 7.28. The van der Waals surface area contributed by atoms with E-state index in [1.807, 2.05) is 50.2 Å². The lowest BCUT2D eigenvalue weighted by atomic mass is 10.0. The highest BCUT2D eigenvalue weighted by Gasteiger charge is 2.39. The molecule has 2 amide bonds. The Hall–Kier alpha value is -2.89. The summed E-state index contributed by atoms with van der Waals surface area (Å²) < 4.78 is 0. The molecule has 3 aromatic rings. The molecule has 4 rings (SSSR count). The fraction of sp³-hybridized carbons (Fsp3) is 0.125. The number of carbonyl (C=O) groups excluding carboxylic acids is 2. The lowest BCUT2D eigenvalue weighted by Gasteiger charge is -2.14. The summed E-state index contributed by atoms with van der Waals surface area (Å²) in [4.78, 5) is 33.5. The largest absolute Gasteiger partial charge is 0.269 e. The lowest BCUT2D eigenvalue weighted by molar-refractivity contribution is -0.137. The number of thioether (sulfide) groups is 1. The molecule has 0 unspecified atom stereocenters. The molecular weight excluding hydrogens is 416 g/mol. The maximum atomic E-state index is 13.4. The topological polar surface area (TPSA) is 50.3 Å². The molecule has 1 aliphatic heterocycles. The highest BCUT2D eigenvalue weighted by molar-refractivity contribution is 8.04. The number of nitrogens with zero attached hydrogens (tertiary/aromatic N) is 2. The number of benzene rings is 2. The van der Waals surface area contributed by atoms with Crippen molar-refractivity contribution in [3.05, 3.63) is 99.2 Å². The van der Waals surface area contributed by atoms with Gasteiger partial charge in [0.15, 0.2) is 0 Å². The van der Waals surface area contributed by atoms with Crippen molar-refractivity contribution in [1.82, 2.24) is 9.88 Å². The summed E-state index contributed by atoms with van der Waals surface area (Å²) in [6.45, 7) is 4.15. The van der Waals surface area contributed by atoms with Crippen molar-refractivity contribution < 1.29 is 9.59 Å². The van der Waals surface area contributed by atoms with Crippen molar-refractivity contribution in [2.24, 2.45) is 0 Å². The van der Waals surface area contributed by atoms with Gasteiger partial charge in [-0.05, 0) is 66.9 Å². The highest BCUT2D eigenvalue weighted by Crippen LogP contribution is 2.40. The van der Waals surface area contributed by atoms with E-state index in [2.05, 4.69) is 4.98 Å². The van der Waals surface area contributed by atoms with E-state index in [1.54, 1.807) is 30.5 Å². The first-order chi connectivity index (χ1) is 14.4. The van der Waals surface area contributed by atoms with Crippen LogP contribution in [0.1, 0.15) is 22.4 Å². The fourth-order valence-electron chi connectivity index (χ4n) is 3.22. The quantitative estimate of drug-likeness (QED) is 0.503. The van der Waals surface area contributed by atoms with Gasteiger partial charge >= 0.3 is 0 Å². The van der Waals surface area contributed by atoms with Crippen LogP contribution in [0.2, 0.25) is 5.02 Å². The zero-order chi connectivity index (χ0) is 21.3. The van der Waals surface area contributed by atoms with Crippen LogP contribution in [0.4, 0.5) is 0 Å². The minimum atomic E-state index is -0.307. The normalized spacial score (nSPS) is 14.0. The van der Waals surface area contributed by atoms with Gasteiger partial charge in [-0.25, -0.2) is 0 Å². The summed E-state index contributed by atoms with van der Waals surface area (Å²) in [5.41, 5.74) is 4.04. The molecule has 4 nitrogen and oxygen atoms in total. The molecule has 0 fully saturated rings. The predicted octanol–water partition coefficient (Wildman–Crippen LogP) is 5.42. The van der Waals surface area contributed by atoms with Crippen LogP contribution in [0.3, 0.4) is 0 Å². The SMILES string of the molecule is Cc1ccc(C2=C(Sc3ccc(Cl)cc3)C(=O)N(Cc3ccccn3)C2=O)cc1C. The van der Waals surface area contributed by atoms with Gasteiger partial charge < -0.3 is 0 Å². The lowest BCUT2D eigenvalue weighted by Crippen LogP contribution is -2.31. The Morgan fingerprint density at radius 1 is 0.933 bits per heavy atom. The molecule has 0 atom stereocenters. The van der Waals surface area contributed by atoms with Crippen LogP contribution in [0.25, 0.3) is 5.57 Å². The van der Waals surface area contributed by atoms with Crippen molar-refractivity contribution in [2.75, 3.05) is 0 Å². The Labute approximate surface area is 184 Å². The molecule has 150 valence electrons. The number of hydrogen-bond acceptors (Lipinski definition) is 4. The van der Waals surface area contributed by atoms with E-state index in [-0.39, 0.29) is 18.4 Å². The average Bonchev–Trinajstić information content (AvgIpc) is 2.97. The number of halogens is 1. The summed E-state index contributed by atoms with van der Waals surface area (Å²) in [6, 6.07) is 18.5. The number of aromatic nitrogens is 1. The standard InChI is InChI=1S/C24H19ClN2O2S/c1-15-6-7-17(13-16(15)2)21-22(30-20-10-8-18(25)9-11-20)24(29)27(23(21)28)14-19-5-3-4-12-26-19/h3-13H,14H2,1-2H3. The number of aryl methyl sites for hydroxylation is 2. The van der Waals surface area contributed by atoms with Crippen LogP contribution in [0.5, 0.6) is 0 Å². The molecule has 0 bridgehead atoms. The van der Waals surface area contributed by atoms with Crippen LogP contribution in [0.15, 0.2) is 76.7 Å². The van der Waals surface area contributed by atoms with Gasteiger partial charge in [-0.2, -0.15) is 0 Å². The van der Waals surface area contributed by atoms with E-state index < -0.39 is 0 Å². The Kier molecular flexibility index (Phi) is 5.75. The molecule has 0 radical (unpaired) electrons. The number of carbonyl (C=O) groups is 2. The van der Waals surface area contributed by atoms with E-state index in [0.29, 0.717) is 21.2 Å². The molecule has 2 heterocycles. The van der Waals surface area contributed by atoms with Crippen molar-refractivity contribution in [3.8, 4) is 0 Å². The van der Waals surface area contributed by atoms with Gasteiger partial charge in [0.2, 0.25) is 0 Å². The Morgan fingerprint density at radius 3 is 2.37 bits per heavy atom. The molecule has 2 aromatic carbocycles. The van der Waals surface area contributed by atoms with Gasteiger partial charge in [0, 0.05) is 16.1 Å². The zero-order valence-electron chi connectivity index (χ0n) is 16.6. The molecule has 6 heteroatoms. The van der Waals surface area contributed by atoms with E-state index >= 15 is 0 Å². The monoisotopic (exact) mass is 434 g/mol. The van der Waals surface area contributed by atoms with Crippen molar-refractivity contribution in [1.29, 1.82) is 0 Å². The smallest absolute Gasteiger partial charge is 0.268 e. The molecule has 30 heavy (non-hydrogen) atoms. The van der Waals surface area contributed by atoms with Crippen LogP contribution >= 0.6 is 23.4 Å². The second-order valence-corrected chi connectivity index (χ2v) is 8.60. The molecule has 0 saturated carbocycles. The van der Waals surface area contributed by atoms with Crippen LogP contribution < -0.4 is 0 Å². The molecule has 1 aromatic heterocycles. The molecule has 0 N–H and O–H groups in total. The van der Waals surface area contributed by atoms with E-state index in [4.69, 9.17) is 11.6 Å². The van der Waals surface area contributed by atoms with Gasteiger partial charge in [-0.3, -0.25) is 19.5 Å². The number of pyridine rings is 1.